The summed E-state index contributed by atoms with van der Waals surface area (Å²) in [5.41, 5.74) is 10.1. The monoisotopic (exact) mass is 745 g/mol. The Kier molecular flexibility index (Phi) is 15.8. The summed E-state index contributed by atoms with van der Waals surface area (Å²) in [7, 11) is 1.66. The maximum Gasteiger partial charge on any atom is 0.247 e. The Morgan fingerprint density at radius 3 is 2.64 bits per heavy atom. The Morgan fingerprint density at radius 1 is 1.17 bits per heavy atom. The van der Waals surface area contributed by atoms with E-state index >= 15 is 0 Å². The zero-order valence-corrected chi connectivity index (χ0v) is 33.3. The molecule has 4 rings (SSSR count). The molecule has 1 saturated heterocycles. The molecule has 1 aliphatic rings. The molecule has 3 aromatic rings. The van der Waals surface area contributed by atoms with E-state index in [1.54, 1.807) is 13.3 Å². The number of amidine groups is 1. The fourth-order valence-corrected chi connectivity index (χ4v) is 7.16. The van der Waals surface area contributed by atoms with Gasteiger partial charge in [-0.15, -0.1) is 0 Å². The maximum absolute atomic E-state index is 11.7. The van der Waals surface area contributed by atoms with Crippen molar-refractivity contribution in [2.75, 3.05) is 67.2 Å². The number of aliphatic imine (C=N–C) groups is 1. The lowest BCUT2D eigenvalue weighted by atomic mass is 9.76. The fourth-order valence-electron chi connectivity index (χ4n) is 7.00. The van der Waals surface area contributed by atoms with E-state index < -0.39 is 0 Å². The van der Waals surface area contributed by atoms with Crippen molar-refractivity contribution in [2.24, 2.45) is 28.0 Å². The number of rotatable bonds is 20. The standard InChI is InChI=1S/C41H60ClN9O2/c1-8-30(22-29(3)4)25-41(5,6)26-37(43)44-16-11-17-50-18-20-51(21-19-50)33-14-15-35(36(24-33)53-7)48-40-46-28-34(42)39(49-40)45-27-31-12-10-13-32(23-31)47-38(52)9-2/h9-10,12-15,23-24,28-30H,2,8,11,16-22,25-27H2,1,3-7H3,(H2,43,44)(H,47,52)(H2,45,46,48,49). The molecule has 1 amide bonds. The van der Waals surface area contributed by atoms with E-state index in [-0.39, 0.29) is 11.3 Å². The van der Waals surface area contributed by atoms with Crippen LogP contribution in [0.4, 0.5) is 28.8 Å². The van der Waals surface area contributed by atoms with Gasteiger partial charge < -0.3 is 31.3 Å². The van der Waals surface area contributed by atoms with E-state index in [1.807, 2.05) is 30.3 Å². The Morgan fingerprint density at radius 2 is 1.94 bits per heavy atom. The van der Waals surface area contributed by atoms with Gasteiger partial charge in [0, 0.05) is 69.7 Å². The summed E-state index contributed by atoms with van der Waals surface area (Å²) in [4.78, 5) is 30.3. The topological polar surface area (TPSA) is 133 Å². The van der Waals surface area contributed by atoms with Gasteiger partial charge in [-0.2, -0.15) is 4.98 Å². The Hall–Kier alpha value is -4.35. The highest BCUT2D eigenvalue weighted by Crippen LogP contribution is 2.34. The molecule has 0 aliphatic carbocycles. The summed E-state index contributed by atoms with van der Waals surface area (Å²) < 4.78 is 5.77. The van der Waals surface area contributed by atoms with Gasteiger partial charge in [0.25, 0.3) is 0 Å². The molecule has 53 heavy (non-hydrogen) atoms. The predicted molar refractivity (Wildman–Crippen MR) is 222 cm³/mol. The van der Waals surface area contributed by atoms with Crippen molar-refractivity contribution >= 4 is 52.2 Å². The number of aromatic nitrogens is 2. The van der Waals surface area contributed by atoms with Crippen LogP contribution in [0.2, 0.25) is 5.02 Å². The van der Waals surface area contributed by atoms with Crippen molar-refractivity contribution in [3.8, 4) is 5.75 Å². The lowest BCUT2D eigenvalue weighted by Gasteiger charge is -2.36. The summed E-state index contributed by atoms with van der Waals surface area (Å²) in [5, 5.41) is 9.71. The van der Waals surface area contributed by atoms with Crippen LogP contribution in [0.1, 0.15) is 72.3 Å². The first-order valence-electron chi connectivity index (χ1n) is 18.9. The molecule has 2 aromatic carbocycles. The highest BCUT2D eigenvalue weighted by Gasteiger charge is 2.24. The summed E-state index contributed by atoms with van der Waals surface area (Å²) in [5.74, 6) is 3.56. The minimum atomic E-state index is -0.266. The minimum absolute atomic E-state index is 0.171. The van der Waals surface area contributed by atoms with Gasteiger partial charge in [0.05, 0.1) is 24.8 Å². The van der Waals surface area contributed by atoms with E-state index in [0.717, 1.165) is 86.7 Å². The number of carbonyl (C=O) groups excluding carboxylic acids is 1. The minimum Gasteiger partial charge on any atom is -0.494 e. The molecule has 1 aromatic heterocycles. The lowest BCUT2D eigenvalue weighted by Crippen LogP contribution is -2.46. The number of nitrogens with two attached hydrogens (primary N) is 1. The van der Waals surface area contributed by atoms with Crippen LogP contribution < -0.4 is 31.3 Å². The number of benzene rings is 2. The number of amides is 1. The van der Waals surface area contributed by atoms with Crippen molar-refractivity contribution in [2.45, 2.75) is 73.3 Å². The molecule has 0 spiro atoms. The highest BCUT2D eigenvalue weighted by atomic mass is 35.5. The molecule has 11 nitrogen and oxygen atoms in total. The van der Waals surface area contributed by atoms with Crippen molar-refractivity contribution < 1.29 is 9.53 Å². The summed E-state index contributed by atoms with van der Waals surface area (Å²) >= 11 is 6.43. The van der Waals surface area contributed by atoms with E-state index in [1.165, 1.54) is 25.3 Å². The molecule has 0 radical (unpaired) electrons. The molecular formula is C41H60ClN9O2. The first-order chi connectivity index (χ1) is 25.4. The Balaban J connectivity index is 1.25. The summed E-state index contributed by atoms with van der Waals surface area (Å²) in [6.07, 6.45) is 8.36. The van der Waals surface area contributed by atoms with Crippen LogP contribution in [0.25, 0.3) is 0 Å². The van der Waals surface area contributed by atoms with Gasteiger partial charge in [-0.25, -0.2) is 4.98 Å². The van der Waals surface area contributed by atoms with E-state index in [2.05, 4.69) is 89.0 Å². The van der Waals surface area contributed by atoms with E-state index in [0.29, 0.717) is 34.8 Å². The quantitative estimate of drug-likeness (QED) is 0.0390. The van der Waals surface area contributed by atoms with Crippen molar-refractivity contribution in [1.82, 2.24) is 14.9 Å². The number of methoxy groups -OCH3 is 1. The fraction of sp³-hybridized carbons (Fsp3) is 0.512. The predicted octanol–water partition coefficient (Wildman–Crippen LogP) is 8.37. The van der Waals surface area contributed by atoms with Crippen LogP contribution in [-0.2, 0) is 11.3 Å². The van der Waals surface area contributed by atoms with Gasteiger partial charge in [-0.3, -0.25) is 14.7 Å². The van der Waals surface area contributed by atoms with Gasteiger partial charge in [0.15, 0.2) is 5.82 Å². The molecular weight excluding hydrogens is 686 g/mol. The number of anilines is 5. The van der Waals surface area contributed by atoms with Gasteiger partial charge in [-0.1, -0.05) is 71.4 Å². The van der Waals surface area contributed by atoms with Crippen LogP contribution in [0.5, 0.6) is 5.75 Å². The average molecular weight is 746 g/mol. The first kappa shape index (κ1) is 41.4. The Bertz CT molecular complexity index is 1670. The summed E-state index contributed by atoms with van der Waals surface area (Å²) in [6, 6.07) is 13.6. The first-order valence-corrected chi connectivity index (χ1v) is 19.3. The third-order valence-electron chi connectivity index (χ3n) is 9.58. The third-order valence-corrected chi connectivity index (χ3v) is 9.86. The second-order valence-corrected chi connectivity index (χ2v) is 15.6. The number of hydrogen-bond acceptors (Lipinski definition) is 9. The molecule has 5 N–H and O–H groups in total. The second kappa shape index (κ2) is 20.2. The molecule has 0 saturated carbocycles. The molecule has 288 valence electrons. The second-order valence-electron chi connectivity index (χ2n) is 15.2. The number of piperazine rings is 1. The lowest BCUT2D eigenvalue weighted by molar-refractivity contribution is -0.111. The zero-order chi connectivity index (χ0) is 38.4. The molecule has 1 atom stereocenters. The van der Waals surface area contributed by atoms with Crippen LogP contribution in [-0.4, -0.2) is 73.0 Å². The van der Waals surface area contributed by atoms with Crippen LogP contribution in [0.15, 0.2) is 66.3 Å². The van der Waals surface area contributed by atoms with Crippen LogP contribution >= 0.6 is 11.6 Å². The number of hydrogen-bond donors (Lipinski definition) is 4. The third kappa shape index (κ3) is 13.5. The molecule has 1 fully saturated rings. The number of halogens is 1. The van der Waals surface area contributed by atoms with Crippen molar-refractivity contribution in [3.63, 3.8) is 0 Å². The van der Waals surface area contributed by atoms with Gasteiger partial charge >= 0.3 is 0 Å². The molecule has 1 unspecified atom stereocenters. The number of ether oxygens (including phenoxy) is 1. The highest BCUT2D eigenvalue weighted by molar-refractivity contribution is 6.32. The van der Waals surface area contributed by atoms with Crippen molar-refractivity contribution in [1.29, 1.82) is 0 Å². The number of nitrogens with one attached hydrogen (secondary N) is 3. The van der Waals surface area contributed by atoms with E-state index in [4.69, 9.17) is 27.1 Å². The molecule has 0 bridgehead atoms. The number of nitrogens with zero attached hydrogens (tertiary/aromatic N) is 5. The zero-order valence-electron chi connectivity index (χ0n) is 32.6. The normalized spacial score (nSPS) is 14.6. The Labute approximate surface area is 321 Å². The van der Waals surface area contributed by atoms with Gasteiger partial charge in [-0.05, 0) is 72.4 Å². The van der Waals surface area contributed by atoms with Crippen LogP contribution in [0, 0.1) is 17.3 Å². The van der Waals surface area contributed by atoms with Gasteiger partial charge in [0.2, 0.25) is 11.9 Å². The average Bonchev–Trinajstić information content (AvgIpc) is 3.13. The van der Waals surface area contributed by atoms with Crippen molar-refractivity contribution in [3.05, 3.63) is 71.9 Å². The van der Waals surface area contributed by atoms with Crippen LogP contribution in [0.3, 0.4) is 0 Å². The molecule has 12 heteroatoms. The summed E-state index contributed by atoms with van der Waals surface area (Å²) in [6.45, 7) is 21.2. The molecule has 1 aliphatic heterocycles. The maximum atomic E-state index is 11.7. The smallest absolute Gasteiger partial charge is 0.247 e. The number of carbonyl (C=O) groups is 1. The van der Waals surface area contributed by atoms with E-state index in [9.17, 15) is 4.79 Å². The largest absolute Gasteiger partial charge is 0.494 e. The van der Waals surface area contributed by atoms with Gasteiger partial charge in [0.1, 0.15) is 10.8 Å². The SMILES string of the molecule is C=CC(=O)Nc1cccc(CNc2nc(Nc3ccc(N4CCN(CCCN=C(N)CC(C)(C)CC(CC)CC(C)C)CC4)cc3OC)ncc2Cl)c1. The molecule has 2 heterocycles.